The van der Waals surface area contributed by atoms with Crippen LogP contribution in [0.1, 0.15) is 50.8 Å². The number of allylic oxidation sites excluding steroid dienone is 5. The summed E-state index contributed by atoms with van der Waals surface area (Å²) in [5, 5.41) is 0. The highest BCUT2D eigenvalue weighted by molar-refractivity contribution is 5.88. The molecule has 0 aliphatic heterocycles. The van der Waals surface area contributed by atoms with Crippen molar-refractivity contribution in [1.29, 1.82) is 0 Å². The maximum Gasteiger partial charge on any atom is 0.0286 e. The van der Waals surface area contributed by atoms with Crippen LogP contribution in [0.5, 0.6) is 0 Å². The SMILES string of the molecule is C=C(C(/C=N\C)=C(\C)CC)/C(C)=C/c1cc(C(=C)C)ccc1C. The van der Waals surface area contributed by atoms with Crippen molar-refractivity contribution in [3.05, 3.63) is 70.3 Å². The van der Waals surface area contributed by atoms with E-state index in [-0.39, 0.29) is 0 Å². The van der Waals surface area contributed by atoms with Crippen molar-refractivity contribution in [2.45, 2.75) is 41.0 Å². The van der Waals surface area contributed by atoms with Gasteiger partial charge in [0.05, 0.1) is 0 Å². The molecule has 1 nitrogen and oxygen atoms in total. The first-order valence-electron chi connectivity index (χ1n) is 8.08. The predicted octanol–water partition coefficient (Wildman–Crippen LogP) is 6.41. The number of rotatable bonds is 6. The van der Waals surface area contributed by atoms with Crippen LogP contribution in [0.15, 0.2) is 58.6 Å². The maximum atomic E-state index is 4.29. The first-order chi connectivity index (χ1) is 10.8. The third-order valence-electron chi connectivity index (χ3n) is 4.19. The summed E-state index contributed by atoms with van der Waals surface area (Å²) in [6.45, 7) is 18.9. The minimum Gasteiger partial charge on any atom is -0.296 e. The second kappa shape index (κ2) is 8.47. The van der Waals surface area contributed by atoms with Crippen molar-refractivity contribution >= 4 is 17.9 Å². The van der Waals surface area contributed by atoms with Crippen LogP contribution in [0.4, 0.5) is 0 Å². The summed E-state index contributed by atoms with van der Waals surface area (Å²) in [6, 6.07) is 6.46. The lowest BCUT2D eigenvalue weighted by molar-refractivity contribution is 1.08. The zero-order valence-electron chi connectivity index (χ0n) is 15.5. The van der Waals surface area contributed by atoms with E-state index in [0.29, 0.717) is 0 Å². The van der Waals surface area contributed by atoms with E-state index in [1.165, 1.54) is 22.3 Å². The molecule has 0 saturated carbocycles. The number of aliphatic imine (C=N–C) groups is 1. The molecule has 0 bridgehead atoms. The van der Waals surface area contributed by atoms with Gasteiger partial charge >= 0.3 is 0 Å². The summed E-state index contributed by atoms with van der Waals surface area (Å²) in [4.78, 5) is 4.19. The molecule has 0 atom stereocenters. The molecule has 1 heteroatoms. The smallest absolute Gasteiger partial charge is 0.0286 e. The number of hydrogen-bond acceptors (Lipinski definition) is 1. The van der Waals surface area contributed by atoms with Crippen LogP contribution in [0.25, 0.3) is 11.6 Å². The average Bonchev–Trinajstić information content (AvgIpc) is 2.52. The van der Waals surface area contributed by atoms with Gasteiger partial charge in [-0.1, -0.05) is 49.4 Å². The van der Waals surface area contributed by atoms with Gasteiger partial charge in [0.25, 0.3) is 0 Å². The molecule has 1 aromatic carbocycles. The van der Waals surface area contributed by atoms with Gasteiger partial charge < -0.3 is 0 Å². The Bertz CT molecular complexity index is 697. The van der Waals surface area contributed by atoms with E-state index in [4.69, 9.17) is 0 Å². The molecular formula is C22H29N. The largest absolute Gasteiger partial charge is 0.296 e. The summed E-state index contributed by atoms with van der Waals surface area (Å²) in [5.41, 5.74) is 9.37. The summed E-state index contributed by atoms with van der Waals surface area (Å²) >= 11 is 0. The molecule has 0 aliphatic rings. The Hall–Kier alpha value is -2.15. The third kappa shape index (κ3) is 4.92. The van der Waals surface area contributed by atoms with Crippen LogP contribution in [-0.4, -0.2) is 13.3 Å². The van der Waals surface area contributed by atoms with Crippen molar-refractivity contribution < 1.29 is 0 Å². The maximum absolute atomic E-state index is 4.29. The van der Waals surface area contributed by atoms with Gasteiger partial charge in [0.15, 0.2) is 0 Å². The fourth-order valence-corrected chi connectivity index (χ4v) is 2.36. The molecule has 23 heavy (non-hydrogen) atoms. The first kappa shape index (κ1) is 18.9. The quantitative estimate of drug-likeness (QED) is 0.425. The molecule has 0 aliphatic carbocycles. The van der Waals surface area contributed by atoms with Crippen LogP contribution in [0.2, 0.25) is 0 Å². The van der Waals surface area contributed by atoms with Gasteiger partial charge in [-0.25, -0.2) is 0 Å². The lowest BCUT2D eigenvalue weighted by Crippen LogP contribution is -1.97. The molecule has 0 fully saturated rings. The molecule has 0 amide bonds. The number of hydrogen-bond donors (Lipinski definition) is 0. The van der Waals surface area contributed by atoms with Crippen LogP contribution in [0, 0.1) is 6.92 Å². The minimum absolute atomic E-state index is 0.998. The van der Waals surface area contributed by atoms with Crippen molar-refractivity contribution in [2.24, 2.45) is 4.99 Å². The minimum atomic E-state index is 0.998. The molecule has 0 N–H and O–H groups in total. The van der Waals surface area contributed by atoms with Gasteiger partial charge in [-0.3, -0.25) is 4.99 Å². The second-order valence-corrected chi connectivity index (χ2v) is 6.09. The summed E-state index contributed by atoms with van der Waals surface area (Å²) in [7, 11) is 1.80. The highest BCUT2D eigenvalue weighted by Crippen LogP contribution is 2.25. The Morgan fingerprint density at radius 1 is 1.17 bits per heavy atom. The molecule has 0 heterocycles. The monoisotopic (exact) mass is 307 g/mol. The van der Waals surface area contributed by atoms with E-state index in [9.17, 15) is 0 Å². The van der Waals surface area contributed by atoms with E-state index < -0.39 is 0 Å². The average molecular weight is 307 g/mol. The summed E-state index contributed by atoms with van der Waals surface area (Å²) < 4.78 is 0. The molecule has 0 radical (unpaired) electrons. The highest BCUT2D eigenvalue weighted by Gasteiger charge is 2.07. The molecule has 122 valence electrons. The van der Waals surface area contributed by atoms with Crippen molar-refractivity contribution in [1.82, 2.24) is 0 Å². The van der Waals surface area contributed by atoms with E-state index in [1.54, 1.807) is 7.05 Å². The van der Waals surface area contributed by atoms with E-state index in [1.807, 2.05) is 13.1 Å². The molecule has 1 rings (SSSR count). The number of benzene rings is 1. The van der Waals surface area contributed by atoms with Crippen LogP contribution in [-0.2, 0) is 0 Å². The molecule has 0 unspecified atom stereocenters. The van der Waals surface area contributed by atoms with Crippen molar-refractivity contribution in [2.75, 3.05) is 7.05 Å². The number of aryl methyl sites for hydroxylation is 1. The summed E-state index contributed by atoms with van der Waals surface area (Å²) in [5.74, 6) is 0. The third-order valence-corrected chi connectivity index (χ3v) is 4.19. The van der Waals surface area contributed by atoms with Gasteiger partial charge in [-0.2, -0.15) is 0 Å². The molecule has 1 aromatic rings. The lowest BCUT2D eigenvalue weighted by Gasteiger charge is -2.12. The summed E-state index contributed by atoms with van der Waals surface area (Å²) in [6.07, 6.45) is 5.12. The fourth-order valence-electron chi connectivity index (χ4n) is 2.36. The Morgan fingerprint density at radius 2 is 1.83 bits per heavy atom. The first-order valence-corrected chi connectivity index (χ1v) is 8.08. The van der Waals surface area contributed by atoms with Gasteiger partial charge in [-0.05, 0) is 73.6 Å². The van der Waals surface area contributed by atoms with E-state index >= 15 is 0 Å². The molecule has 0 saturated heterocycles. The van der Waals surface area contributed by atoms with Gasteiger partial charge in [0.1, 0.15) is 0 Å². The van der Waals surface area contributed by atoms with E-state index in [2.05, 4.69) is 70.1 Å². The van der Waals surface area contributed by atoms with Gasteiger partial charge in [0.2, 0.25) is 0 Å². The molecule has 0 spiro atoms. The lowest BCUT2D eigenvalue weighted by atomic mass is 9.93. The Morgan fingerprint density at radius 3 is 2.35 bits per heavy atom. The van der Waals surface area contributed by atoms with Crippen molar-refractivity contribution in [3.8, 4) is 0 Å². The normalized spacial score (nSPS) is 13.2. The Balaban J connectivity index is 3.30. The zero-order chi connectivity index (χ0) is 17.6. The van der Waals surface area contributed by atoms with Gasteiger partial charge in [0, 0.05) is 13.3 Å². The molecule has 0 aromatic heterocycles. The predicted molar refractivity (Wildman–Crippen MR) is 106 cm³/mol. The standard InChI is InChI=1S/C22H29N/c1-9-16(4)22(14-23-8)19(7)18(6)12-21-13-20(15(2)3)11-10-17(21)5/h10-14H,2,7,9H2,1,3-6,8H3/b18-12+,22-16+,23-14-. The topological polar surface area (TPSA) is 12.4 Å². The zero-order valence-corrected chi connectivity index (χ0v) is 15.5. The van der Waals surface area contributed by atoms with Gasteiger partial charge in [-0.15, -0.1) is 0 Å². The Labute approximate surface area is 141 Å². The highest BCUT2D eigenvalue weighted by atomic mass is 14.6. The van der Waals surface area contributed by atoms with E-state index in [0.717, 1.165) is 28.7 Å². The van der Waals surface area contributed by atoms with Crippen LogP contribution in [0.3, 0.4) is 0 Å². The Kier molecular flexibility index (Phi) is 6.96. The van der Waals surface area contributed by atoms with Crippen LogP contribution < -0.4 is 0 Å². The molecular weight excluding hydrogens is 278 g/mol. The van der Waals surface area contributed by atoms with Crippen LogP contribution >= 0.6 is 0 Å². The second-order valence-electron chi connectivity index (χ2n) is 6.09. The fraction of sp³-hybridized carbons (Fsp3) is 0.318. The number of nitrogens with zero attached hydrogens (tertiary/aromatic N) is 1. The van der Waals surface area contributed by atoms with Crippen molar-refractivity contribution in [3.63, 3.8) is 0 Å².